The lowest BCUT2D eigenvalue weighted by molar-refractivity contribution is -0.267. The largest absolute Gasteiger partial charge is 0.530 e. The van der Waals surface area contributed by atoms with Crippen LogP contribution in [0.4, 0.5) is 13.6 Å². The molecule has 0 radical (unpaired) electrons. The normalized spacial score (nSPS) is 23.3. The fourth-order valence-electron chi connectivity index (χ4n) is 1.06. The van der Waals surface area contributed by atoms with E-state index in [0.717, 1.165) is 0 Å². The van der Waals surface area contributed by atoms with E-state index < -0.39 is 25.1 Å². The first kappa shape index (κ1) is 9.18. The van der Waals surface area contributed by atoms with Crippen LogP contribution in [0, 0.1) is 0 Å². The molecule has 0 aromatic rings. The van der Waals surface area contributed by atoms with Crippen LogP contribution in [0.5, 0.6) is 0 Å². The molecule has 6 heteroatoms. The number of halogens is 2. The van der Waals surface area contributed by atoms with Gasteiger partial charge in [-0.3, -0.25) is 0 Å². The van der Waals surface area contributed by atoms with Crippen molar-refractivity contribution in [3.05, 3.63) is 0 Å². The molecule has 0 unspecified atom stereocenters. The molecule has 0 aliphatic carbocycles. The molecule has 0 atom stereocenters. The lowest BCUT2D eigenvalue weighted by Crippen LogP contribution is -2.47. The second-order valence-electron chi connectivity index (χ2n) is 2.72. The lowest BCUT2D eigenvalue weighted by atomic mass is 10.3. The minimum Gasteiger partial charge on any atom is -0.530 e. The molecule has 0 aromatic heterocycles. The van der Waals surface area contributed by atoms with E-state index >= 15 is 0 Å². The molecular formula is C6H9F2N2O2-. The molecule has 1 N–H and O–H groups in total. The van der Waals surface area contributed by atoms with Crippen LogP contribution in [-0.4, -0.2) is 43.1 Å². The molecule has 0 bridgehead atoms. The van der Waals surface area contributed by atoms with Crippen LogP contribution in [-0.2, 0) is 0 Å². The zero-order valence-corrected chi connectivity index (χ0v) is 6.35. The second-order valence-corrected chi connectivity index (χ2v) is 2.72. The minimum atomic E-state index is -2.99. The molecule has 70 valence electrons. The maximum Gasteiger partial charge on any atom is 0.277 e. The molecule has 1 aliphatic rings. The van der Waals surface area contributed by atoms with Crippen molar-refractivity contribution in [3.63, 3.8) is 0 Å². The number of hydrogen-bond acceptors (Lipinski definition) is 3. The Morgan fingerprint density at radius 3 is 2.83 bits per heavy atom. The van der Waals surface area contributed by atoms with E-state index in [9.17, 15) is 18.7 Å². The van der Waals surface area contributed by atoms with E-state index in [4.69, 9.17) is 0 Å². The van der Waals surface area contributed by atoms with Crippen molar-refractivity contribution in [1.29, 1.82) is 0 Å². The molecule has 1 saturated heterocycles. The number of nitrogens with one attached hydrogen (secondary N) is 1. The zero-order valence-electron chi connectivity index (χ0n) is 6.35. The van der Waals surface area contributed by atoms with Gasteiger partial charge in [0.15, 0.2) is 0 Å². The Kier molecular flexibility index (Phi) is 2.46. The maximum atomic E-state index is 12.7. The monoisotopic (exact) mass is 179 g/mol. The Bertz CT molecular complexity index is 186. The van der Waals surface area contributed by atoms with Crippen molar-refractivity contribution >= 4 is 6.09 Å². The van der Waals surface area contributed by atoms with Gasteiger partial charge in [-0.05, 0) is 0 Å². The Labute approximate surface area is 68.2 Å². The van der Waals surface area contributed by atoms with Crippen LogP contribution in [0.3, 0.4) is 0 Å². The molecule has 1 rings (SSSR count). The van der Waals surface area contributed by atoms with Gasteiger partial charge in [0.05, 0.1) is 13.1 Å². The quantitative estimate of drug-likeness (QED) is 0.512. The van der Waals surface area contributed by atoms with Gasteiger partial charge in [0.25, 0.3) is 5.92 Å². The van der Waals surface area contributed by atoms with Gasteiger partial charge < -0.3 is 20.1 Å². The summed E-state index contributed by atoms with van der Waals surface area (Å²) in [4.78, 5) is 10.9. The van der Waals surface area contributed by atoms with Crippen LogP contribution in [0.25, 0.3) is 0 Å². The van der Waals surface area contributed by atoms with Crippen molar-refractivity contribution in [2.24, 2.45) is 0 Å². The fraction of sp³-hybridized carbons (Fsp3) is 0.833. The van der Waals surface area contributed by atoms with Gasteiger partial charge in [0, 0.05) is 13.1 Å². The molecule has 1 amide bonds. The number of carboxylic acid groups (broad SMARTS) is 1. The van der Waals surface area contributed by atoms with E-state index in [1.165, 1.54) is 0 Å². The van der Waals surface area contributed by atoms with E-state index in [-0.39, 0.29) is 13.1 Å². The molecule has 1 fully saturated rings. The molecule has 0 aromatic carbocycles. The highest BCUT2D eigenvalue weighted by Gasteiger charge is 2.33. The Morgan fingerprint density at radius 1 is 1.58 bits per heavy atom. The Morgan fingerprint density at radius 2 is 2.25 bits per heavy atom. The summed E-state index contributed by atoms with van der Waals surface area (Å²) in [5, 5.41) is 12.7. The van der Waals surface area contributed by atoms with Crippen LogP contribution >= 0.6 is 0 Å². The number of carbonyl (C=O) groups excluding carboxylic acids is 1. The van der Waals surface area contributed by atoms with Gasteiger partial charge in [-0.25, -0.2) is 8.78 Å². The number of alkyl halides is 2. The first-order valence-corrected chi connectivity index (χ1v) is 3.56. The maximum absolute atomic E-state index is 12.7. The van der Waals surface area contributed by atoms with Gasteiger partial charge in [-0.2, -0.15) is 0 Å². The van der Waals surface area contributed by atoms with Crippen molar-refractivity contribution < 1.29 is 18.7 Å². The van der Waals surface area contributed by atoms with Gasteiger partial charge in [0.2, 0.25) is 0 Å². The second kappa shape index (κ2) is 3.22. The summed E-state index contributed by atoms with van der Waals surface area (Å²) in [6, 6.07) is 0. The van der Waals surface area contributed by atoms with Crippen LogP contribution in [0.15, 0.2) is 0 Å². The highest BCUT2D eigenvalue weighted by atomic mass is 19.3. The minimum absolute atomic E-state index is 0.0535. The number of rotatable bonds is 0. The predicted octanol–water partition coefficient (Wildman–Crippen LogP) is -1.13. The van der Waals surface area contributed by atoms with Crippen molar-refractivity contribution in [1.82, 2.24) is 10.2 Å². The van der Waals surface area contributed by atoms with Crippen LogP contribution in [0.1, 0.15) is 0 Å². The summed E-state index contributed by atoms with van der Waals surface area (Å²) in [7, 11) is 0. The van der Waals surface area contributed by atoms with Crippen molar-refractivity contribution in [3.8, 4) is 0 Å². The molecule has 0 saturated carbocycles. The molecule has 1 aliphatic heterocycles. The number of nitrogens with zero attached hydrogens (tertiary/aromatic N) is 1. The van der Waals surface area contributed by atoms with Gasteiger partial charge in [-0.15, -0.1) is 0 Å². The lowest BCUT2D eigenvalue weighted by Gasteiger charge is -2.25. The molecule has 12 heavy (non-hydrogen) atoms. The fourth-order valence-corrected chi connectivity index (χ4v) is 1.06. The third-order valence-electron chi connectivity index (χ3n) is 1.62. The summed E-state index contributed by atoms with van der Waals surface area (Å²) in [6.45, 7) is -0.958. The van der Waals surface area contributed by atoms with Crippen LogP contribution < -0.4 is 10.4 Å². The standard InChI is InChI=1S/C6H10F2N2O2/c7-6(8)3-9-1-2-10(4-6)5(11)12/h9H,1-4H2,(H,11,12)/p-1. The SMILES string of the molecule is O=C([O-])N1CCNCC(F)(F)C1. The first-order chi connectivity index (χ1) is 5.51. The summed E-state index contributed by atoms with van der Waals surface area (Å²) >= 11 is 0. The zero-order chi connectivity index (χ0) is 9.19. The molecule has 4 nitrogen and oxygen atoms in total. The average Bonchev–Trinajstić information content (AvgIpc) is 2.10. The average molecular weight is 179 g/mol. The first-order valence-electron chi connectivity index (χ1n) is 3.56. The third kappa shape index (κ3) is 2.30. The van der Waals surface area contributed by atoms with Gasteiger partial charge in [-0.1, -0.05) is 0 Å². The van der Waals surface area contributed by atoms with Crippen molar-refractivity contribution in [2.75, 3.05) is 26.2 Å². The molecule has 0 spiro atoms. The highest BCUT2D eigenvalue weighted by molar-refractivity contribution is 5.62. The molecular weight excluding hydrogens is 170 g/mol. The highest BCUT2D eigenvalue weighted by Crippen LogP contribution is 2.15. The summed E-state index contributed by atoms with van der Waals surface area (Å²) in [6.07, 6.45) is -1.54. The van der Waals surface area contributed by atoms with E-state index in [0.29, 0.717) is 4.90 Å². The third-order valence-corrected chi connectivity index (χ3v) is 1.62. The summed E-state index contributed by atoms with van der Waals surface area (Å²) in [5.41, 5.74) is 0. The summed E-state index contributed by atoms with van der Waals surface area (Å²) in [5.74, 6) is -2.99. The smallest absolute Gasteiger partial charge is 0.277 e. The van der Waals surface area contributed by atoms with E-state index in [1.807, 2.05) is 0 Å². The van der Waals surface area contributed by atoms with Gasteiger partial charge >= 0.3 is 0 Å². The molecule has 1 heterocycles. The Hall–Kier alpha value is -0.910. The Balaban J connectivity index is 2.60. The topological polar surface area (TPSA) is 55.4 Å². The van der Waals surface area contributed by atoms with E-state index in [2.05, 4.69) is 5.32 Å². The number of amides is 1. The van der Waals surface area contributed by atoms with Crippen LogP contribution in [0.2, 0.25) is 0 Å². The van der Waals surface area contributed by atoms with E-state index in [1.54, 1.807) is 0 Å². The van der Waals surface area contributed by atoms with Crippen molar-refractivity contribution in [2.45, 2.75) is 5.92 Å². The van der Waals surface area contributed by atoms with Gasteiger partial charge in [0.1, 0.15) is 6.09 Å². The summed E-state index contributed by atoms with van der Waals surface area (Å²) < 4.78 is 25.4. The number of carbonyl (C=O) groups is 1. The predicted molar refractivity (Wildman–Crippen MR) is 34.8 cm³/mol. The number of hydrogen-bond donors (Lipinski definition) is 1.